The van der Waals surface area contributed by atoms with Gasteiger partial charge in [0.1, 0.15) is 0 Å². The summed E-state index contributed by atoms with van der Waals surface area (Å²) in [5, 5.41) is 3.78. The van der Waals surface area contributed by atoms with Crippen LogP contribution in [0.5, 0.6) is 0 Å². The van der Waals surface area contributed by atoms with Crippen LogP contribution in [0.25, 0.3) is 0 Å². The molecule has 0 saturated heterocycles. The van der Waals surface area contributed by atoms with Gasteiger partial charge in [-0.25, -0.2) is 0 Å². The zero-order valence-corrected chi connectivity index (χ0v) is 12.2. The third-order valence-corrected chi connectivity index (χ3v) is 4.72. The highest BCUT2D eigenvalue weighted by Gasteiger charge is 2.25. The van der Waals surface area contributed by atoms with Crippen molar-refractivity contribution in [2.75, 3.05) is 11.7 Å². The van der Waals surface area contributed by atoms with Crippen molar-refractivity contribution in [2.24, 2.45) is 5.84 Å². The van der Waals surface area contributed by atoms with E-state index in [1.54, 1.807) is 0 Å². The summed E-state index contributed by atoms with van der Waals surface area (Å²) in [5.74, 6) is 5.43. The number of anilines is 1. The largest absolute Gasteiger partial charge is 0.349 e. The average Bonchev–Trinajstić information content (AvgIpc) is 2.86. The lowest BCUT2D eigenvalue weighted by Crippen LogP contribution is -2.33. The van der Waals surface area contributed by atoms with Crippen molar-refractivity contribution in [1.29, 1.82) is 0 Å². The van der Waals surface area contributed by atoms with Crippen LogP contribution >= 0.6 is 11.8 Å². The van der Waals surface area contributed by atoms with Gasteiger partial charge >= 0.3 is 0 Å². The van der Waals surface area contributed by atoms with E-state index in [1.807, 2.05) is 36.9 Å². The number of aryl methyl sites for hydroxylation is 1. The number of nitrogens with two attached hydrogens (primary N) is 1. The van der Waals surface area contributed by atoms with Crippen LogP contribution in [-0.2, 0) is 0 Å². The van der Waals surface area contributed by atoms with Gasteiger partial charge in [-0.3, -0.25) is 10.6 Å². The molecule has 2 atom stereocenters. The van der Waals surface area contributed by atoms with Crippen molar-refractivity contribution >= 4 is 23.4 Å². The summed E-state index contributed by atoms with van der Waals surface area (Å²) in [4.78, 5) is 12.3. The first-order valence-electron chi connectivity index (χ1n) is 6.55. The van der Waals surface area contributed by atoms with Crippen LogP contribution in [0.1, 0.15) is 35.2 Å². The first-order chi connectivity index (χ1) is 9.13. The molecule has 4 nitrogen and oxygen atoms in total. The molecule has 1 amide bonds. The third-order valence-electron chi connectivity index (χ3n) is 3.63. The number of nitrogens with one attached hydrogen (secondary N) is 2. The second-order valence-corrected chi connectivity index (χ2v) is 6.17. The lowest BCUT2D eigenvalue weighted by atomic mass is 10.1. The van der Waals surface area contributed by atoms with Crippen LogP contribution in [0.2, 0.25) is 0 Å². The van der Waals surface area contributed by atoms with E-state index >= 15 is 0 Å². The molecule has 4 N–H and O–H groups in total. The third kappa shape index (κ3) is 3.42. The Morgan fingerprint density at radius 1 is 1.42 bits per heavy atom. The van der Waals surface area contributed by atoms with Gasteiger partial charge in [0.2, 0.25) is 0 Å². The second kappa shape index (κ2) is 6.30. The predicted octanol–water partition coefficient (Wildman–Crippen LogP) is 2.29. The summed E-state index contributed by atoms with van der Waals surface area (Å²) >= 11 is 1.89. The van der Waals surface area contributed by atoms with Crippen molar-refractivity contribution in [3.8, 4) is 0 Å². The molecule has 0 spiro atoms. The zero-order chi connectivity index (χ0) is 13.8. The van der Waals surface area contributed by atoms with Crippen LogP contribution < -0.4 is 16.6 Å². The van der Waals surface area contributed by atoms with Gasteiger partial charge in [-0.2, -0.15) is 11.8 Å². The standard InChI is InChI=1S/C14H21N3OS/c1-9-3-6-12(13(7-9)17-15)14(18)16-10-4-5-11(8-10)19-2/h3,6-7,10-11,17H,4-5,8,15H2,1-2H3,(H,16,18). The van der Waals surface area contributed by atoms with E-state index in [4.69, 9.17) is 5.84 Å². The van der Waals surface area contributed by atoms with Crippen LogP contribution in [-0.4, -0.2) is 23.5 Å². The zero-order valence-electron chi connectivity index (χ0n) is 11.4. The topological polar surface area (TPSA) is 67.2 Å². The predicted molar refractivity (Wildman–Crippen MR) is 81.4 cm³/mol. The van der Waals surface area contributed by atoms with Gasteiger partial charge in [0.15, 0.2) is 0 Å². The van der Waals surface area contributed by atoms with Crippen LogP contribution in [0, 0.1) is 6.92 Å². The number of benzene rings is 1. The van der Waals surface area contributed by atoms with Gasteiger partial charge in [0, 0.05) is 11.3 Å². The van der Waals surface area contributed by atoms with Gasteiger partial charge in [0.05, 0.1) is 11.3 Å². The van der Waals surface area contributed by atoms with E-state index in [9.17, 15) is 4.79 Å². The lowest BCUT2D eigenvalue weighted by Gasteiger charge is -2.15. The van der Waals surface area contributed by atoms with Gasteiger partial charge in [-0.1, -0.05) is 6.07 Å². The number of hydrazine groups is 1. The van der Waals surface area contributed by atoms with Crippen molar-refractivity contribution in [1.82, 2.24) is 5.32 Å². The summed E-state index contributed by atoms with van der Waals surface area (Å²) in [6.45, 7) is 1.97. The average molecular weight is 279 g/mol. The van der Waals surface area contributed by atoms with Crippen molar-refractivity contribution < 1.29 is 4.79 Å². The summed E-state index contributed by atoms with van der Waals surface area (Å²) < 4.78 is 0. The number of rotatable bonds is 4. The molecular weight excluding hydrogens is 258 g/mol. The van der Waals surface area contributed by atoms with Crippen molar-refractivity contribution in [3.63, 3.8) is 0 Å². The summed E-state index contributed by atoms with van der Waals surface area (Å²) in [6, 6.07) is 5.92. The number of amides is 1. The fourth-order valence-electron chi connectivity index (χ4n) is 2.52. The molecule has 0 aliphatic heterocycles. The Bertz CT molecular complexity index is 464. The molecule has 104 valence electrons. The maximum Gasteiger partial charge on any atom is 0.253 e. The van der Waals surface area contributed by atoms with E-state index in [0.717, 1.165) is 18.4 Å². The van der Waals surface area contributed by atoms with E-state index < -0.39 is 0 Å². The highest BCUT2D eigenvalue weighted by molar-refractivity contribution is 7.99. The molecule has 0 heterocycles. The Labute approximate surface area is 118 Å². The first kappa shape index (κ1) is 14.2. The molecule has 2 unspecified atom stereocenters. The normalized spacial score (nSPS) is 22.3. The summed E-state index contributed by atoms with van der Waals surface area (Å²) in [6.07, 6.45) is 5.44. The smallest absolute Gasteiger partial charge is 0.253 e. The molecule has 1 aromatic carbocycles. The van der Waals surface area contributed by atoms with Gasteiger partial charge in [0.25, 0.3) is 5.91 Å². The van der Waals surface area contributed by atoms with Crippen molar-refractivity contribution in [2.45, 2.75) is 37.5 Å². The minimum absolute atomic E-state index is 0.0419. The highest BCUT2D eigenvalue weighted by atomic mass is 32.2. The number of hydrogen-bond donors (Lipinski definition) is 3. The maximum absolute atomic E-state index is 12.3. The van der Waals surface area contributed by atoms with Gasteiger partial charge < -0.3 is 10.7 Å². The fraction of sp³-hybridized carbons (Fsp3) is 0.500. The molecule has 0 aromatic heterocycles. The number of carbonyl (C=O) groups excluding carboxylic acids is 1. The highest BCUT2D eigenvalue weighted by Crippen LogP contribution is 2.28. The molecule has 5 heteroatoms. The van der Waals surface area contributed by atoms with E-state index in [1.165, 1.54) is 6.42 Å². The van der Waals surface area contributed by atoms with Crippen LogP contribution in [0.4, 0.5) is 5.69 Å². The summed E-state index contributed by atoms with van der Waals surface area (Å²) in [5.41, 5.74) is 4.96. The number of nitrogen functional groups attached to an aromatic ring is 1. The monoisotopic (exact) mass is 279 g/mol. The molecular formula is C14H21N3OS. The number of thioether (sulfide) groups is 1. The molecule has 1 saturated carbocycles. The minimum Gasteiger partial charge on any atom is -0.349 e. The number of carbonyl (C=O) groups is 1. The molecule has 1 fully saturated rings. The molecule has 0 radical (unpaired) electrons. The molecule has 1 aliphatic carbocycles. The quantitative estimate of drug-likeness (QED) is 0.584. The van der Waals surface area contributed by atoms with Crippen LogP contribution in [0.3, 0.4) is 0 Å². The Morgan fingerprint density at radius 2 is 2.21 bits per heavy atom. The molecule has 2 rings (SSSR count). The minimum atomic E-state index is -0.0419. The lowest BCUT2D eigenvalue weighted by molar-refractivity contribution is 0.0939. The Kier molecular flexibility index (Phi) is 4.71. The second-order valence-electron chi connectivity index (χ2n) is 5.03. The molecule has 19 heavy (non-hydrogen) atoms. The molecule has 1 aromatic rings. The Balaban J connectivity index is 2.04. The fourth-order valence-corrected chi connectivity index (χ4v) is 3.32. The molecule has 0 bridgehead atoms. The van der Waals surface area contributed by atoms with Gasteiger partial charge in [-0.15, -0.1) is 0 Å². The SMILES string of the molecule is CSC1CCC(NC(=O)c2ccc(C)cc2NN)C1. The van der Waals surface area contributed by atoms with Gasteiger partial charge in [-0.05, 0) is 50.1 Å². The maximum atomic E-state index is 12.3. The Hall–Kier alpha value is -1.20. The van der Waals surface area contributed by atoms with E-state index in [2.05, 4.69) is 17.0 Å². The number of hydrogen-bond acceptors (Lipinski definition) is 4. The Morgan fingerprint density at radius 3 is 2.84 bits per heavy atom. The molecule has 1 aliphatic rings. The van der Waals surface area contributed by atoms with E-state index in [0.29, 0.717) is 16.5 Å². The summed E-state index contributed by atoms with van der Waals surface area (Å²) in [7, 11) is 0. The first-order valence-corrected chi connectivity index (χ1v) is 7.83. The van der Waals surface area contributed by atoms with E-state index in [-0.39, 0.29) is 11.9 Å². The van der Waals surface area contributed by atoms with Crippen LogP contribution in [0.15, 0.2) is 18.2 Å². The van der Waals surface area contributed by atoms with Crippen molar-refractivity contribution in [3.05, 3.63) is 29.3 Å².